The van der Waals surface area contributed by atoms with Crippen LogP contribution < -0.4 is 5.32 Å². The molecule has 0 aromatic heterocycles. The summed E-state index contributed by atoms with van der Waals surface area (Å²) in [7, 11) is 1.84. The van der Waals surface area contributed by atoms with Crippen molar-refractivity contribution >= 4 is 5.91 Å². The second-order valence-corrected chi connectivity index (χ2v) is 6.75. The van der Waals surface area contributed by atoms with Gasteiger partial charge < -0.3 is 10.2 Å². The highest BCUT2D eigenvalue weighted by Crippen LogP contribution is 2.17. The molecule has 0 bridgehead atoms. The lowest BCUT2D eigenvalue weighted by Crippen LogP contribution is -2.38. The molecule has 0 aliphatic carbocycles. The van der Waals surface area contributed by atoms with Crippen LogP contribution in [0.5, 0.6) is 0 Å². The van der Waals surface area contributed by atoms with Crippen molar-refractivity contribution in [1.29, 1.82) is 0 Å². The Bertz CT molecular complexity index is 408. The Morgan fingerprint density at radius 1 is 1.23 bits per heavy atom. The van der Waals surface area contributed by atoms with Crippen LogP contribution in [-0.4, -0.2) is 30.9 Å². The fourth-order valence-corrected chi connectivity index (χ4v) is 2.05. The summed E-state index contributed by atoms with van der Waals surface area (Å²) in [5.41, 5.74) is 1.84. The molecule has 0 aromatic rings. The minimum Gasteiger partial charge on any atom is -0.388 e. The van der Waals surface area contributed by atoms with E-state index in [0.29, 0.717) is 30.7 Å². The average molecular weight is 306 g/mol. The fraction of sp³-hybridized carbons (Fsp3) is 0.632. The van der Waals surface area contributed by atoms with E-state index < -0.39 is 0 Å². The van der Waals surface area contributed by atoms with Crippen molar-refractivity contribution in [3.63, 3.8) is 0 Å². The number of carbonyl (C=O) groups excluding carboxylic acids is 1. The lowest BCUT2D eigenvalue weighted by molar-refractivity contribution is -0.132. The van der Waals surface area contributed by atoms with Crippen LogP contribution in [0.15, 0.2) is 36.6 Å². The predicted molar refractivity (Wildman–Crippen MR) is 96.5 cm³/mol. The van der Waals surface area contributed by atoms with Gasteiger partial charge in [0.25, 0.3) is 0 Å². The molecule has 0 rings (SSSR count). The molecule has 0 spiro atoms. The molecule has 0 fully saturated rings. The third-order valence-electron chi connectivity index (χ3n) is 3.95. The van der Waals surface area contributed by atoms with Gasteiger partial charge in [-0.3, -0.25) is 4.79 Å². The van der Waals surface area contributed by atoms with Crippen LogP contribution in [0.3, 0.4) is 0 Å². The highest BCUT2D eigenvalue weighted by molar-refractivity contribution is 5.76. The van der Waals surface area contributed by atoms with E-state index in [4.69, 9.17) is 0 Å². The maximum atomic E-state index is 12.6. The SMILES string of the molecule is C=C/C=C(/CN(CC(C)C(C)C)C(=O)CC(C)C)C(=C)NC. The Balaban J connectivity index is 5.20. The molecule has 3 heteroatoms. The molecule has 1 N–H and O–H groups in total. The average Bonchev–Trinajstić information content (AvgIpc) is 2.43. The standard InChI is InChI=1S/C19H34N2O/c1-9-10-18(17(7)20-8)13-21(12-16(6)15(4)5)19(22)11-14(2)3/h9-10,14-16,20H,1,7,11-13H2,2-6,8H3/b18-10-. The summed E-state index contributed by atoms with van der Waals surface area (Å²) in [4.78, 5) is 14.5. The van der Waals surface area contributed by atoms with Crippen molar-refractivity contribution in [2.24, 2.45) is 17.8 Å². The van der Waals surface area contributed by atoms with Crippen LogP contribution in [0.1, 0.15) is 41.0 Å². The van der Waals surface area contributed by atoms with Crippen molar-refractivity contribution in [2.45, 2.75) is 41.0 Å². The molecule has 0 aliphatic rings. The zero-order valence-electron chi connectivity index (χ0n) is 15.3. The number of likely N-dealkylation sites (N-methyl/N-ethyl adjacent to an activating group) is 1. The summed E-state index contributed by atoms with van der Waals surface area (Å²) < 4.78 is 0. The zero-order valence-corrected chi connectivity index (χ0v) is 15.3. The van der Waals surface area contributed by atoms with E-state index in [1.54, 1.807) is 6.08 Å². The number of rotatable bonds is 10. The third-order valence-corrected chi connectivity index (χ3v) is 3.95. The first-order valence-corrected chi connectivity index (χ1v) is 8.19. The largest absolute Gasteiger partial charge is 0.388 e. The summed E-state index contributed by atoms with van der Waals surface area (Å²) in [6.45, 7) is 19.9. The molecule has 1 amide bonds. The van der Waals surface area contributed by atoms with Crippen LogP contribution in [0.4, 0.5) is 0 Å². The smallest absolute Gasteiger partial charge is 0.223 e. The van der Waals surface area contributed by atoms with E-state index in [9.17, 15) is 4.79 Å². The quantitative estimate of drug-likeness (QED) is 0.619. The van der Waals surface area contributed by atoms with Gasteiger partial charge in [-0.15, -0.1) is 0 Å². The number of nitrogens with one attached hydrogen (secondary N) is 1. The number of hydrogen-bond acceptors (Lipinski definition) is 2. The van der Waals surface area contributed by atoms with Gasteiger partial charge >= 0.3 is 0 Å². The molecule has 3 nitrogen and oxygen atoms in total. The normalized spacial score (nSPS) is 13.2. The van der Waals surface area contributed by atoms with Gasteiger partial charge in [0.15, 0.2) is 0 Å². The van der Waals surface area contributed by atoms with Crippen LogP contribution in [0, 0.1) is 17.8 Å². The van der Waals surface area contributed by atoms with Gasteiger partial charge in [-0.05, 0) is 23.3 Å². The predicted octanol–water partition coefficient (Wildman–Crippen LogP) is 4.00. The van der Waals surface area contributed by atoms with Gasteiger partial charge in [0.05, 0.1) is 0 Å². The lowest BCUT2D eigenvalue weighted by atomic mass is 9.96. The first kappa shape index (κ1) is 20.5. The van der Waals surface area contributed by atoms with Crippen LogP contribution in [-0.2, 0) is 4.79 Å². The maximum Gasteiger partial charge on any atom is 0.223 e. The molecule has 0 heterocycles. The van der Waals surface area contributed by atoms with E-state index in [1.165, 1.54) is 0 Å². The van der Waals surface area contributed by atoms with Crippen molar-refractivity contribution < 1.29 is 4.79 Å². The Hall–Kier alpha value is -1.51. The number of nitrogens with zero attached hydrogens (tertiary/aromatic N) is 1. The highest BCUT2D eigenvalue weighted by atomic mass is 16.2. The lowest BCUT2D eigenvalue weighted by Gasteiger charge is -2.29. The Morgan fingerprint density at radius 2 is 1.82 bits per heavy atom. The summed E-state index contributed by atoms with van der Waals surface area (Å²) in [6, 6.07) is 0. The number of allylic oxidation sites excluding steroid dienone is 2. The second kappa shape index (κ2) is 10.3. The fourth-order valence-electron chi connectivity index (χ4n) is 2.05. The van der Waals surface area contributed by atoms with Crippen LogP contribution in [0.25, 0.3) is 0 Å². The summed E-state index contributed by atoms with van der Waals surface area (Å²) in [5.74, 6) is 1.59. The second-order valence-electron chi connectivity index (χ2n) is 6.75. The topological polar surface area (TPSA) is 32.3 Å². The van der Waals surface area contributed by atoms with Gasteiger partial charge in [0.1, 0.15) is 0 Å². The van der Waals surface area contributed by atoms with Gasteiger partial charge in [0, 0.05) is 32.3 Å². The molecule has 126 valence electrons. The molecule has 22 heavy (non-hydrogen) atoms. The Morgan fingerprint density at radius 3 is 2.23 bits per heavy atom. The number of amides is 1. The van der Waals surface area contributed by atoms with Crippen LogP contribution >= 0.6 is 0 Å². The highest BCUT2D eigenvalue weighted by Gasteiger charge is 2.20. The number of hydrogen-bond donors (Lipinski definition) is 1. The molecular formula is C19H34N2O. The molecule has 1 atom stereocenters. The molecule has 0 radical (unpaired) electrons. The molecule has 0 aliphatic heterocycles. The van der Waals surface area contributed by atoms with Crippen LogP contribution in [0.2, 0.25) is 0 Å². The van der Waals surface area contributed by atoms with Gasteiger partial charge in [-0.2, -0.15) is 0 Å². The first-order valence-electron chi connectivity index (χ1n) is 8.19. The van der Waals surface area contributed by atoms with Crippen molar-refractivity contribution in [2.75, 3.05) is 20.1 Å². The molecule has 0 saturated heterocycles. The molecular weight excluding hydrogens is 272 g/mol. The maximum absolute atomic E-state index is 12.6. The van der Waals surface area contributed by atoms with Gasteiger partial charge in [-0.25, -0.2) is 0 Å². The van der Waals surface area contributed by atoms with E-state index in [-0.39, 0.29) is 5.91 Å². The van der Waals surface area contributed by atoms with E-state index >= 15 is 0 Å². The van der Waals surface area contributed by atoms with Crippen molar-refractivity contribution in [1.82, 2.24) is 10.2 Å². The monoisotopic (exact) mass is 306 g/mol. The molecule has 0 aromatic carbocycles. The zero-order chi connectivity index (χ0) is 17.3. The Kier molecular flexibility index (Phi) is 9.55. The minimum atomic E-state index is 0.210. The van der Waals surface area contributed by atoms with E-state index in [0.717, 1.165) is 17.8 Å². The third kappa shape index (κ3) is 7.48. The Labute approximate surface area is 137 Å². The van der Waals surface area contributed by atoms with E-state index in [2.05, 4.69) is 53.1 Å². The van der Waals surface area contributed by atoms with Gasteiger partial charge in [0.2, 0.25) is 5.91 Å². The molecule has 0 saturated carbocycles. The van der Waals surface area contributed by atoms with Crippen molar-refractivity contribution in [3.05, 3.63) is 36.6 Å². The minimum absolute atomic E-state index is 0.210. The van der Waals surface area contributed by atoms with Gasteiger partial charge in [-0.1, -0.05) is 59.9 Å². The summed E-state index contributed by atoms with van der Waals surface area (Å²) in [6.07, 6.45) is 4.25. The van der Waals surface area contributed by atoms with E-state index in [1.807, 2.05) is 18.0 Å². The summed E-state index contributed by atoms with van der Waals surface area (Å²) >= 11 is 0. The first-order chi connectivity index (χ1) is 10.2. The summed E-state index contributed by atoms with van der Waals surface area (Å²) in [5, 5.41) is 3.06. The molecule has 1 unspecified atom stereocenters. The van der Waals surface area contributed by atoms with Crippen molar-refractivity contribution in [3.8, 4) is 0 Å². The number of carbonyl (C=O) groups is 1.